The van der Waals surface area contributed by atoms with E-state index in [4.69, 9.17) is 0 Å². The molecule has 1 atom stereocenters. The van der Waals surface area contributed by atoms with Gasteiger partial charge in [0, 0.05) is 21.3 Å². The van der Waals surface area contributed by atoms with Crippen LogP contribution in [0.15, 0.2) is 15.9 Å². The Morgan fingerprint density at radius 2 is 2.40 bits per heavy atom. The Bertz CT molecular complexity index is 405. The predicted octanol–water partition coefficient (Wildman–Crippen LogP) is 1.02. The minimum atomic E-state index is -0.377. The van der Waals surface area contributed by atoms with Gasteiger partial charge in [0.1, 0.15) is 0 Å². The molecular weight excluding hydrogens is 280 g/mol. The lowest BCUT2D eigenvalue weighted by molar-refractivity contribution is -0.125. The molecule has 1 aromatic heterocycles. The van der Waals surface area contributed by atoms with Crippen LogP contribution < -0.4 is 10.6 Å². The SMILES string of the molecule is O=C1CC(NCc2cc(Br)cs2)C(=O)N1. The summed E-state index contributed by atoms with van der Waals surface area (Å²) < 4.78 is 1.04. The average molecular weight is 289 g/mol. The van der Waals surface area contributed by atoms with Crippen molar-refractivity contribution >= 4 is 39.1 Å². The van der Waals surface area contributed by atoms with Crippen LogP contribution in [0.25, 0.3) is 0 Å². The Labute approximate surface area is 99.2 Å². The lowest BCUT2D eigenvalue weighted by atomic mass is 10.2. The lowest BCUT2D eigenvalue weighted by Gasteiger charge is -2.06. The quantitative estimate of drug-likeness (QED) is 0.817. The molecule has 15 heavy (non-hydrogen) atoms. The van der Waals surface area contributed by atoms with Crippen LogP contribution in [0.5, 0.6) is 0 Å². The van der Waals surface area contributed by atoms with E-state index in [0.29, 0.717) is 6.54 Å². The van der Waals surface area contributed by atoms with E-state index in [2.05, 4.69) is 26.6 Å². The molecule has 0 saturated carbocycles. The largest absolute Gasteiger partial charge is 0.300 e. The predicted molar refractivity (Wildman–Crippen MR) is 60.4 cm³/mol. The van der Waals surface area contributed by atoms with Gasteiger partial charge in [-0.15, -0.1) is 11.3 Å². The minimum Gasteiger partial charge on any atom is -0.300 e. The molecule has 4 nitrogen and oxygen atoms in total. The maximum absolute atomic E-state index is 11.2. The molecule has 0 spiro atoms. The van der Waals surface area contributed by atoms with Crippen LogP contribution in [0.2, 0.25) is 0 Å². The average Bonchev–Trinajstić information content (AvgIpc) is 2.70. The number of carbonyl (C=O) groups excluding carboxylic acids is 2. The van der Waals surface area contributed by atoms with E-state index in [1.807, 2.05) is 11.4 Å². The van der Waals surface area contributed by atoms with Crippen LogP contribution >= 0.6 is 27.3 Å². The monoisotopic (exact) mass is 288 g/mol. The van der Waals surface area contributed by atoms with Crippen molar-refractivity contribution in [2.24, 2.45) is 0 Å². The highest BCUT2D eigenvalue weighted by molar-refractivity contribution is 9.10. The highest BCUT2D eigenvalue weighted by Gasteiger charge is 2.29. The summed E-state index contributed by atoms with van der Waals surface area (Å²) in [6.45, 7) is 0.613. The van der Waals surface area contributed by atoms with E-state index in [1.54, 1.807) is 11.3 Å². The first-order valence-corrected chi connectivity index (χ1v) is 6.12. The number of rotatable bonds is 3. The van der Waals surface area contributed by atoms with Crippen LogP contribution in [-0.2, 0) is 16.1 Å². The Hall–Kier alpha value is -0.720. The molecule has 1 saturated heterocycles. The summed E-state index contributed by atoms with van der Waals surface area (Å²) in [6, 6.07) is 1.62. The van der Waals surface area contributed by atoms with Gasteiger partial charge in [-0.2, -0.15) is 0 Å². The van der Waals surface area contributed by atoms with Gasteiger partial charge in [0.05, 0.1) is 12.5 Å². The molecule has 1 aromatic rings. The summed E-state index contributed by atoms with van der Waals surface area (Å²) in [5, 5.41) is 7.29. The molecule has 0 bridgehead atoms. The second-order valence-electron chi connectivity index (χ2n) is 3.28. The molecule has 2 heterocycles. The highest BCUT2D eigenvalue weighted by atomic mass is 79.9. The van der Waals surface area contributed by atoms with Gasteiger partial charge in [-0.25, -0.2) is 0 Å². The zero-order valence-electron chi connectivity index (χ0n) is 7.75. The number of thiophene rings is 1. The minimum absolute atomic E-state index is 0.204. The second kappa shape index (κ2) is 4.42. The Balaban J connectivity index is 1.88. The third-order valence-corrected chi connectivity index (χ3v) is 3.81. The molecule has 1 aliphatic heterocycles. The third-order valence-electron chi connectivity index (χ3n) is 2.11. The molecule has 1 aliphatic rings. The molecule has 2 amide bonds. The molecule has 0 aliphatic carbocycles. The number of imide groups is 1. The molecule has 2 rings (SSSR count). The Morgan fingerprint density at radius 1 is 1.60 bits per heavy atom. The van der Waals surface area contributed by atoms with Gasteiger partial charge in [-0.1, -0.05) is 0 Å². The topological polar surface area (TPSA) is 58.2 Å². The van der Waals surface area contributed by atoms with E-state index in [9.17, 15) is 9.59 Å². The maximum atomic E-state index is 11.2. The van der Waals surface area contributed by atoms with Gasteiger partial charge < -0.3 is 5.32 Å². The van der Waals surface area contributed by atoms with Gasteiger partial charge in [-0.3, -0.25) is 14.9 Å². The van der Waals surface area contributed by atoms with Crippen LogP contribution in [-0.4, -0.2) is 17.9 Å². The van der Waals surface area contributed by atoms with Gasteiger partial charge >= 0.3 is 0 Å². The van der Waals surface area contributed by atoms with E-state index in [0.717, 1.165) is 9.35 Å². The fourth-order valence-electron chi connectivity index (χ4n) is 1.39. The van der Waals surface area contributed by atoms with Crippen molar-refractivity contribution in [1.29, 1.82) is 0 Å². The zero-order valence-corrected chi connectivity index (χ0v) is 10.2. The summed E-state index contributed by atoms with van der Waals surface area (Å²) in [6.07, 6.45) is 0.241. The van der Waals surface area contributed by atoms with Crippen LogP contribution in [0.1, 0.15) is 11.3 Å². The first-order valence-electron chi connectivity index (χ1n) is 4.45. The van der Waals surface area contributed by atoms with Crippen LogP contribution in [0, 0.1) is 0 Å². The fraction of sp³-hybridized carbons (Fsp3) is 0.333. The summed E-state index contributed by atoms with van der Waals surface area (Å²) in [5.74, 6) is -0.430. The van der Waals surface area contributed by atoms with Crippen molar-refractivity contribution in [3.63, 3.8) is 0 Å². The van der Waals surface area contributed by atoms with E-state index >= 15 is 0 Å². The maximum Gasteiger partial charge on any atom is 0.244 e. The van der Waals surface area contributed by atoms with Gasteiger partial charge in [-0.05, 0) is 22.0 Å². The molecule has 1 unspecified atom stereocenters. The van der Waals surface area contributed by atoms with Crippen molar-refractivity contribution in [3.05, 3.63) is 20.8 Å². The fourth-order valence-corrected chi connectivity index (χ4v) is 2.79. The lowest BCUT2D eigenvalue weighted by Crippen LogP contribution is -2.35. The number of carbonyl (C=O) groups is 2. The summed E-state index contributed by atoms with van der Waals surface area (Å²) in [4.78, 5) is 23.2. The third kappa shape index (κ3) is 2.64. The van der Waals surface area contributed by atoms with Crippen molar-refractivity contribution < 1.29 is 9.59 Å². The highest BCUT2D eigenvalue weighted by Crippen LogP contribution is 2.19. The second-order valence-corrected chi connectivity index (χ2v) is 5.19. The first kappa shape index (κ1) is 10.8. The molecule has 2 N–H and O–H groups in total. The number of hydrogen-bond donors (Lipinski definition) is 2. The number of hydrogen-bond acceptors (Lipinski definition) is 4. The van der Waals surface area contributed by atoms with Gasteiger partial charge in [0.2, 0.25) is 11.8 Å². The first-order chi connectivity index (χ1) is 7.15. The van der Waals surface area contributed by atoms with Crippen LogP contribution in [0.3, 0.4) is 0 Å². The van der Waals surface area contributed by atoms with Gasteiger partial charge in [0.15, 0.2) is 0 Å². The number of amides is 2. The zero-order chi connectivity index (χ0) is 10.8. The van der Waals surface area contributed by atoms with Crippen molar-refractivity contribution in [2.45, 2.75) is 19.0 Å². The summed E-state index contributed by atoms with van der Waals surface area (Å²) >= 11 is 4.97. The van der Waals surface area contributed by atoms with Crippen LogP contribution in [0.4, 0.5) is 0 Å². The van der Waals surface area contributed by atoms with E-state index < -0.39 is 0 Å². The molecule has 0 radical (unpaired) electrons. The Kier molecular flexibility index (Phi) is 3.18. The molecular formula is C9H9BrN2O2S. The van der Waals surface area contributed by atoms with Crippen molar-refractivity contribution in [1.82, 2.24) is 10.6 Å². The van der Waals surface area contributed by atoms with E-state index in [1.165, 1.54) is 0 Å². The molecule has 0 aromatic carbocycles. The smallest absolute Gasteiger partial charge is 0.244 e. The molecule has 80 valence electrons. The number of halogens is 1. The van der Waals surface area contributed by atoms with Crippen molar-refractivity contribution in [2.75, 3.05) is 0 Å². The summed E-state index contributed by atoms with van der Waals surface area (Å²) in [7, 11) is 0. The normalized spacial score (nSPS) is 20.7. The Morgan fingerprint density at radius 3 is 2.93 bits per heavy atom. The van der Waals surface area contributed by atoms with Gasteiger partial charge in [0.25, 0.3) is 0 Å². The number of nitrogens with one attached hydrogen (secondary N) is 2. The molecule has 1 fully saturated rings. The van der Waals surface area contributed by atoms with Crippen molar-refractivity contribution in [3.8, 4) is 0 Å². The summed E-state index contributed by atoms with van der Waals surface area (Å²) in [5.41, 5.74) is 0. The molecule has 6 heteroatoms. The van der Waals surface area contributed by atoms with E-state index in [-0.39, 0.29) is 24.3 Å². The standard InChI is InChI=1S/C9H9BrN2O2S/c10-5-1-6(15-4-5)3-11-7-2-8(13)12-9(7)14/h1,4,7,11H,2-3H2,(H,12,13,14).